The molecule has 5 aromatic rings. The van der Waals surface area contributed by atoms with E-state index in [2.05, 4.69) is 195 Å². The number of esters is 4. The molecule has 10 saturated carbocycles. The Morgan fingerprint density at radius 2 is 0.588 bits per heavy atom. The summed E-state index contributed by atoms with van der Waals surface area (Å²) >= 11 is 0.739. The number of phenolic OH excluding ortho intramolecular Hbond substituents is 2. The van der Waals surface area contributed by atoms with E-state index in [1.54, 1.807) is 29.4 Å². The highest BCUT2D eigenvalue weighted by Gasteiger charge is 2.60. The van der Waals surface area contributed by atoms with Gasteiger partial charge in [-0.15, -0.1) is 9.32 Å². The second-order valence-corrected chi connectivity index (χ2v) is 61.2. The highest BCUT2D eigenvalue weighted by Crippen LogP contribution is 2.70. The summed E-state index contributed by atoms with van der Waals surface area (Å²) in [4.78, 5) is 65.1. The first-order valence-electron chi connectivity index (χ1n) is 58.3. The number of ketones is 1. The van der Waals surface area contributed by atoms with E-state index in [0.717, 1.165) is 181 Å². The predicted molar refractivity (Wildman–Crippen MR) is 600 cm³/mol. The number of carbonyl (C=O) groups excluding carboxylic acids is 5. The molecule has 20 atom stereocenters. The molecule has 10 fully saturated rings. The van der Waals surface area contributed by atoms with Crippen LogP contribution in [0.15, 0.2) is 107 Å². The van der Waals surface area contributed by atoms with Crippen molar-refractivity contribution >= 4 is 58.6 Å². The van der Waals surface area contributed by atoms with Crippen molar-refractivity contribution in [1.82, 2.24) is 0 Å². The molecule has 20 rings (SSSR count). The van der Waals surface area contributed by atoms with Crippen LogP contribution >= 0.6 is 12.3 Å². The molecule has 20 heteroatoms. The molecule has 15 unspecified atom stereocenters. The van der Waals surface area contributed by atoms with Crippen molar-refractivity contribution in [3.8, 4) is 28.7 Å². The smallest absolute Gasteiger partial charge is 0.330 e. The van der Waals surface area contributed by atoms with Crippen molar-refractivity contribution in [2.75, 3.05) is 26.4 Å². The fourth-order valence-electron chi connectivity index (χ4n) is 32.2. The average molecular weight is 2080 g/mol. The van der Waals surface area contributed by atoms with Gasteiger partial charge in [0.05, 0.1) is 26.4 Å². The number of carbonyl (C=O) groups is 5. The second-order valence-electron chi connectivity index (χ2n) is 51.3. The van der Waals surface area contributed by atoms with Gasteiger partial charge in [-0.2, -0.15) is 5.90 Å². The van der Waals surface area contributed by atoms with Crippen LogP contribution in [0.4, 0.5) is 0 Å². The summed E-state index contributed by atoms with van der Waals surface area (Å²) < 4.78 is 44.7. The lowest BCUT2D eigenvalue weighted by atomic mass is 9.55. The van der Waals surface area contributed by atoms with Crippen LogP contribution in [0.1, 0.15) is 412 Å². The molecule has 15 aliphatic rings. The van der Waals surface area contributed by atoms with E-state index >= 15 is 0 Å². The summed E-state index contributed by atoms with van der Waals surface area (Å²) in [6, 6.07) is 23.0. The summed E-state index contributed by atoms with van der Waals surface area (Å²) in [6.45, 7) is 55.3. The minimum absolute atomic E-state index is 0.0301. The molecule has 5 aromatic carbocycles. The fourth-order valence-corrected chi connectivity index (χ4v) is 34.6. The third-order valence-electron chi connectivity index (χ3n) is 42.4. The van der Waals surface area contributed by atoms with E-state index in [1.165, 1.54) is 173 Å². The van der Waals surface area contributed by atoms with Crippen LogP contribution in [0.25, 0.3) is 0 Å². The van der Waals surface area contributed by atoms with Gasteiger partial charge in [0.2, 0.25) is 16.6 Å². The number of nitrogens with two attached hydrogens (primary N) is 1. The maximum Gasteiger partial charge on any atom is 0.330 e. The SMILES string of the molecule is CCOC(=O)/C=C1/CCC2C3CCc4cc(O)c(CC)cc4C3CC[C@]12C.CCOC(=O)/C=C1\CCC2C3CCc4cc(O)c(CC)cc4C3CC[C@]12C.CCOC(=O)/C=C1\CCC2C3CCc4cc(OSOON)c(CC)cc4C3CC[C@]12C.CCOC(=O)C=C1CCC2C3CCc4cc(O[Si](C)(C)C(C)(C)C)c(CC)cc4C3CC[C@]12C.CCc1cc2c(cc1O[Si](C)(C)C(C)(C)C)CCC1C2CC[C@]2(C)C(=O)CCC12. The van der Waals surface area contributed by atoms with Gasteiger partial charge < -0.3 is 42.2 Å². The van der Waals surface area contributed by atoms with Crippen molar-refractivity contribution in [2.45, 2.75) is 429 Å². The number of rotatable bonds is 21. The third-order valence-corrected chi connectivity index (χ3v) is 51.5. The summed E-state index contributed by atoms with van der Waals surface area (Å²) in [7, 11) is -3.72. The lowest BCUT2D eigenvalue weighted by Gasteiger charge is -2.50. The number of benzene rings is 5. The van der Waals surface area contributed by atoms with Crippen molar-refractivity contribution < 1.29 is 75.5 Å². The number of aromatic hydroxyl groups is 2. The lowest BCUT2D eigenvalue weighted by molar-refractivity contribution is -0.199. The molecule has 0 aliphatic heterocycles. The maximum absolute atomic E-state index is 12.6. The van der Waals surface area contributed by atoms with Crippen LogP contribution in [-0.2, 0) is 116 Å². The Hall–Kier alpha value is -7.73. The molecule has 4 N–H and O–H groups in total. The van der Waals surface area contributed by atoms with Gasteiger partial charge in [-0.1, -0.05) is 163 Å². The van der Waals surface area contributed by atoms with Gasteiger partial charge in [0.25, 0.3) is 12.3 Å². The van der Waals surface area contributed by atoms with E-state index in [1.807, 2.05) is 45.9 Å². The van der Waals surface area contributed by atoms with Crippen LogP contribution in [-0.4, -0.2) is 82.9 Å². The highest BCUT2D eigenvalue weighted by atomic mass is 32.2. The average Bonchev–Trinajstić information content (AvgIpc) is 1.53. The molecule has 0 saturated heterocycles. The number of Topliss-reactive ketones (excluding diaryl/α,β-unsaturated/α-hetero) is 1. The summed E-state index contributed by atoms with van der Waals surface area (Å²) in [6.07, 6.45) is 45.9. The minimum atomic E-state index is -1.87. The standard InChI is InChI=1S/C30H46O3Si.C26H40O2Si.C24H33NO5S.2C24H32O3/c1-9-20-17-25-21(18-27(20)33-34(7,8)29(3,4)5)11-13-24-23(25)15-16-30(6)22(12-14-26(24)30)19-28(31)32-10-2;1-8-17-15-21-18(16-23(17)28-29(6,7)25(2,3)4)9-10-20-19(21)13-14-26(5)22(20)11-12-24(26)27;1-4-15-12-20-16(13-22(15)28-31-30-29-25)6-8-19-18(20)10-11-24(3)17(7-9-21(19)24)14-23(26)27-5-2;2*1-4-15-12-20-16(13-22(15)25)6-8-19-18(20)10-11-24(3)17(7-9-21(19)24)14-23(26)27-5-2/h17-19,23-24,26H,9-16H2,1-8H3;15-16,19-20,22H,8-14H2,1-7H3;12-14,18-19,21H,4-11,25H2,1-3H3;2*12-14,18-19,21,25H,4-11H2,1-3H3/b;;2*17-14+;17-14-/t23?,24?,26?,30-;19?,20?,22?,26-;3*18?,19?,21?,24-/m10111/s1. The van der Waals surface area contributed by atoms with Crippen LogP contribution in [0.5, 0.6) is 28.7 Å². The first-order valence-corrected chi connectivity index (χ1v) is 64.8. The number of allylic oxidation sites excluding steroid dienone is 4. The molecule has 0 heterocycles. The number of ether oxygens (including phenoxy) is 4. The van der Waals surface area contributed by atoms with Crippen molar-refractivity contribution in [3.63, 3.8) is 0 Å². The van der Waals surface area contributed by atoms with Crippen LogP contribution in [0.2, 0.25) is 36.3 Å². The minimum Gasteiger partial charge on any atom is -0.543 e. The zero-order valence-electron chi connectivity index (χ0n) is 94.9. The number of hydrogen-bond acceptors (Lipinski definition) is 18. The molecule has 0 radical (unpaired) electrons. The first-order chi connectivity index (χ1) is 70.3. The predicted octanol–water partition coefficient (Wildman–Crippen LogP) is 31.0. The molecule has 0 spiro atoms. The quantitative estimate of drug-likeness (QED) is 0.00905. The molecular formula is C128H183NO16SSi2. The van der Waals surface area contributed by atoms with Crippen molar-refractivity contribution in [3.05, 3.63) is 191 Å². The van der Waals surface area contributed by atoms with Gasteiger partial charge in [-0.3, -0.25) is 4.79 Å². The van der Waals surface area contributed by atoms with Gasteiger partial charge in [0.1, 0.15) is 34.5 Å². The van der Waals surface area contributed by atoms with Gasteiger partial charge >= 0.3 is 23.9 Å². The van der Waals surface area contributed by atoms with Crippen molar-refractivity contribution in [1.29, 1.82) is 0 Å². The maximum atomic E-state index is 12.6. The fraction of sp³-hybridized carbons (Fsp3) is 0.664. The topological polar surface area (TPSA) is 235 Å². The normalized spacial score (nSPS) is 31.6. The van der Waals surface area contributed by atoms with E-state index in [9.17, 15) is 34.2 Å². The van der Waals surface area contributed by atoms with E-state index in [0.29, 0.717) is 127 Å². The Balaban J connectivity index is 0.000000132. The van der Waals surface area contributed by atoms with Crippen LogP contribution in [0.3, 0.4) is 0 Å². The molecule has 0 bridgehead atoms. The number of aryl methyl sites for hydroxylation is 10. The Kier molecular flexibility index (Phi) is 34.9. The van der Waals surface area contributed by atoms with E-state index in [4.69, 9.17) is 37.9 Å². The van der Waals surface area contributed by atoms with Crippen molar-refractivity contribution in [2.24, 2.45) is 92.2 Å². The third kappa shape index (κ3) is 22.1. The molecule has 17 nitrogen and oxygen atoms in total. The Morgan fingerprint density at radius 1 is 0.345 bits per heavy atom. The van der Waals surface area contributed by atoms with Gasteiger partial charge in [-0.25, -0.2) is 19.2 Å². The monoisotopic (exact) mass is 2080 g/mol. The molecule has 0 aromatic heterocycles. The lowest BCUT2D eigenvalue weighted by Crippen LogP contribution is -2.44. The van der Waals surface area contributed by atoms with Gasteiger partial charge in [0.15, 0.2) is 0 Å². The Labute approximate surface area is 895 Å². The Bertz CT molecular complexity index is 5700. The largest absolute Gasteiger partial charge is 0.543 e. The van der Waals surface area contributed by atoms with Crippen LogP contribution < -0.4 is 18.9 Å². The van der Waals surface area contributed by atoms with Gasteiger partial charge in [0, 0.05) is 36.1 Å². The molecular weight excluding hydrogens is 1900 g/mol. The zero-order valence-corrected chi connectivity index (χ0v) is 97.7. The number of phenols is 2. The number of fused-ring (bicyclic) bond motifs is 25. The summed E-state index contributed by atoms with van der Waals surface area (Å²) in [5.41, 5.74) is 26.7. The van der Waals surface area contributed by atoms with Gasteiger partial charge in [-0.05, 0) is 506 Å². The van der Waals surface area contributed by atoms with E-state index < -0.39 is 16.6 Å². The highest BCUT2D eigenvalue weighted by molar-refractivity contribution is 7.90. The molecule has 148 heavy (non-hydrogen) atoms. The van der Waals surface area contributed by atoms with Crippen LogP contribution in [0, 0.1) is 86.3 Å². The van der Waals surface area contributed by atoms with E-state index in [-0.39, 0.29) is 61.0 Å². The molecule has 0 amide bonds. The molecule has 810 valence electrons. The zero-order chi connectivity index (χ0) is 106. The number of hydrogen-bond donors (Lipinski definition) is 3. The second kappa shape index (κ2) is 45.7. The summed E-state index contributed by atoms with van der Waals surface area (Å²) in [5, 5.41) is 20.9. The summed E-state index contributed by atoms with van der Waals surface area (Å²) in [5.74, 6) is 18.6. The molecule has 15 aliphatic carbocycles. The first kappa shape index (κ1) is 113. The Morgan fingerprint density at radius 3 is 0.851 bits per heavy atom.